The molecule has 3 heteroatoms. The zero-order valence-electron chi connectivity index (χ0n) is 11.5. The summed E-state index contributed by atoms with van der Waals surface area (Å²) in [5, 5.41) is 0.824. The molecule has 104 valence electrons. The molecule has 1 aliphatic rings. The molecular weight excluding hydrogens is 278 g/mol. The SMILES string of the molecule is O=c1c(Sc2ccccc2)cn(C2CC2)c2ccccc12. The normalized spacial score (nSPS) is 14.5. The number of rotatable bonds is 3. The van der Waals surface area contributed by atoms with Crippen LogP contribution in [0.15, 0.2) is 75.4 Å². The van der Waals surface area contributed by atoms with Gasteiger partial charge in [0.2, 0.25) is 5.43 Å². The van der Waals surface area contributed by atoms with Crippen molar-refractivity contribution in [2.24, 2.45) is 0 Å². The number of benzene rings is 2. The summed E-state index contributed by atoms with van der Waals surface area (Å²) in [7, 11) is 0. The molecule has 2 aromatic carbocycles. The standard InChI is InChI=1S/C18H15NOS/c20-18-15-8-4-5-9-16(15)19(13-10-11-13)12-17(18)21-14-6-2-1-3-7-14/h1-9,12-13H,10-11H2. The minimum atomic E-state index is 0.136. The minimum absolute atomic E-state index is 0.136. The van der Waals surface area contributed by atoms with Crippen molar-refractivity contribution in [3.05, 3.63) is 71.0 Å². The lowest BCUT2D eigenvalue weighted by Gasteiger charge is -2.12. The highest BCUT2D eigenvalue weighted by atomic mass is 32.2. The molecule has 1 aliphatic carbocycles. The third-order valence-electron chi connectivity index (χ3n) is 3.82. The molecular formula is C18H15NOS. The van der Waals surface area contributed by atoms with E-state index >= 15 is 0 Å². The highest BCUT2D eigenvalue weighted by Crippen LogP contribution is 2.38. The number of pyridine rings is 1. The number of nitrogens with zero attached hydrogens (tertiary/aromatic N) is 1. The van der Waals surface area contributed by atoms with Crippen molar-refractivity contribution in [3.8, 4) is 0 Å². The Labute approximate surface area is 127 Å². The van der Waals surface area contributed by atoms with Gasteiger partial charge in [0.25, 0.3) is 0 Å². The van der Waals surface area contributed by atoms with Crippen molar-refractivity contribution in [2.45, 2.75) is 28.7 Å². The van der Waals surface area contributed by atoms with Crippen LogP contribution in [0.5, 0.6) is 0 Å². The van der Waals surface area contributed by atoms with E-state index in [1.54, 1.807) is 11.8 Å². The second-order valence-electron chi connectivity index (χ2n) is 5.39. The summed E-state index contributed by atoms with van der Waals surface area (Å²) < 4.78 is 2.28. The first-order valence-electron chi connectivity index (χ1n) is 7.20. The molecule has 4 rings (SSSR count). The lowest BCUT2D eigenvalue weighted by molar-refractivity contribution is 0.754. The number of hydrogen-bond donors (Lipinski definition) is 0. The maximum atomic E-state index is 12.7. The van der Waals surface area contributed by atoms with E-state index in [9.17, 15) is 4.79 Å². The van der Waals surface area contributed by atoms with E-state index in [2.05, 4.69) is 4.57 Å². The summed E-state index contributed by atoms with van der Waals surface area (Å²) in [4.78, 5) is 14.6. The van der Waals surface area contributed by atoms with Gasteiger partial charge in [0.15, 0.2) is 0 Å². The van der Waals surface area contributed by atoms with Gasteiger partial charge in [0, 0.05) is 22.5 Å². The molecule has 0 amide bonds. The maximum Gasteiger partial charge on any atom is 0.203 e. The Kier molecular flexibility index (Phi) is 3.08. The third-order valence-corrected chi connectivity index (χ3v) is 4.84. The smallest absolute Gasteiger partial charge is 0.203 e. The molecule has 1 fully saturated rings. The summed E-state index contributed by atoms with van der Waals surface area (Å²) >= 11 is 1.56. The van der Waals surface area contributed by atoms with Crippen LogP contribution in [-0.4, -0.2) is 4.57 Å². The predicted molar refractivity (Wildman–Crippen MR) is 87.0 cm³/mol. The molecule has 2 nitrogen and oxygen atoms in total. The molecule has 1 saturated carbocycles. The van der Waals surface area contributed by atoms with E-state index in [4.69, 9.17) is 0 Å². The molecule has 0 radical (unpaired) electrons. The van der Waals surface area contributed by atoms with Crippen LogP contribution < -0.4 is 5.43 Å². The lowest BCUT2D eigenvalue weighted by atomic mass is 10.2. The molecule has 0 bridgehead atoms. The quantitative estimate of drug-likeness (QED) is 0.710. The first-order chi connectivity index (χ1) is 10.3. The number of fused-ring (bicyclic) bond motifs is 1. The van der Waals surface area contributed by atoms with Gasteiger partial charge in [0.1, 0.15) is 0 Å². The van der Waals surface area contributed by atoms with E-state index in [0.717, 1.165) is 20.7 Å². The van der Waals surface area contributed by atoms with Gasteiger partial charge in [-0.3, -0.25) is 4.79 Å². The van der Waals surface area contributed by atoms with Crippen LogP contribution in [0.1, 0.15) is 18.9 Å². The molecule has 1 heterocycles. The van der Waals surface area contributed by atoms with E-state index in [0.29, 0.717) is 6.04 Å². The first-order valence-corrected chi connectivity index (χ1v) is 8.01. The van der Waals surface area contributed by atoms with Crippen LogP contribution in [0.3, 0.4) is 0 Å². The first kappa shape index (κ1) is 12.7. The second-order valence-corrected chi connectivity index (χ2v) is 6.51. The van der Waals surface area contributed by atoms with Crippen molar-refractivity contribution >= 4 is 22.7 Å². The molecule has 3 aromatic rings. The van der Waals surface area contributed by atoms with Crippen LogP contribution in [0.2, 0.25) is 0 Å². The Balaban J connectivity index is 1.89. The van der Waals surface area contributed by atoms with Crippen LogP contribution in [0, 0.1) is 0 Å². The second kappa shape index (κ2) is 5.08. The topological polar surface area (TPSA) is 22.0 Å². The van der Waals surface area contributed by atoms with Crippen molar-refractivity contribution in [3.63, 3.8) is 0 Å². The fourth-order valence-electron chi connectivity index (χ4n) is 2.62. The number of para-hydroxylation sites is 1. The van der Waals surface area contributed by atoms with Gasteiger partial charge in [-0.1, -0.05) is 42.1 Å². The van der Waals surface area contributed by atoms with Crippen molar-refractivity contribution < 1.29 is 0 Å². The van der Waals surface area contributed by atoms with E-state index in [-0.39, 0.29) is 5.43 Å². The van der Waals surface area contributed by atoms with Gasteiger partial charge in [-0.25, -0.2) is 0 Å². The van der Waals surface area contributed by atoms with Gasteiger partial charge >= 0.3 is 0 Å². The van der Waals surface area contributed by atoms with Crippen molar-refractivity contribution in [1.29, 1.82) is 0 Å². The van der Waals surface area contributed by atoms with Crippen molar-refractivity contribution in [1.82, 2.24) is 4.57 Å². The molecule has 0 unspecified atom stereocenters. The van der Waals surface area contributed by atoms with Crippen molar-refractivity contribution in [2.75, 3.05) is 0 Å². The summed E-state index contributed by atoms with van der Waals surface area (Å²) in [5.74, 6) is 0. The summed E-state index contributed by atoms with van der Waals surface area (Å²) in [6, 6.07) is 18.6. The fourth-order valence-corrected chi connectivity index (χ4v) is 3.54. The number of aromatic nitrogens is 1. The summed E-state index contributed by atoms with van der Waals surface area (Å²) in [6.07, 6.45) is 4.46. The predicted octanol–water partition coefficient (Wildman–Crippen LogP) is 4.49. The highest BCUT2D eigenvalue weighted by molar-refractivity contribution is 7.99. The summed E-state index contributed by atoms with van der Waals surface area (Å²) in [5.41, 5.74) is 1.19. The largest absolute Gasteiger partial charge is 0.343 e. The van der Waals surface area contributed by atoms with E-state index in [1.807, 2.05) is 60.8 Å². The van der Waals surface area contributed by atoms with Crippen LogP contribution in [0.25, 0.3) is 10.9 Å². The highest BCUT2D eigenvalue weighted by Gasteiger charge is 2.25. The minimum Gasteiger partial charge on any atom is -0.343 e. The van der Waals surface area contributed by atoms with Crippen LogP contribution in [0.4, 0.5) is 0 Å². The molecule has 0 atom stereocenters. The van der Waals surface area contributed by atoms with Gasteiger partial charge in [0.05, 0.1) is 10.4 Å². The third kappa shape index (κ3) is 2.38. The average molecular weight is 293 g/mol. The van der Waals surface area contributed by atoms with Gasteiger partial charge in [-0.15, -0.1) is 0 Å². The molecule has 21 heavy (non-hydrogen) atoms. The Bertz CT molecular complexity index is 850. The Morgan fingerprint density at radius 2 is 1.67 bits per heavy atom. The Morgan fingerprint density at radius 1 is 0.952 bits per heavy atom. The van der Waals surface area contributed by atoms with E-state index < -0.39 is 0 Å². The summed E-state index contributed by atoms with van der Waals surface area (Å²) in [6.45, 7) is 0. The molecule has 0 aliphatic heterocycles. The Morgan fingerprint density at radius 3 is 2.43 bits per heavy atom. The zero-order chi connectivity index (χ0) is 14.2. The zero-order valence-corrected chi connectivity index (χ0v) is 12.3. The lowest BCUT2D eigenvalue weighted by Crippen LogP contribution is -2.10. The fraction of sp³-hybridized carbons (Fsp3) is 0.167. The maximum absolute atomic E-state index is 12.7. The average Bonchev–Trinajstić information content (AvgIpc) is 3.36. The van der Waals surface area contributed by atoms with E-state index in [1.165, 1.54) is 12.8 Å². The molecule has 0 N–H and O–H groups in total. The van der Waals surface area contributed by atoms with Crippen LogP contribution >= 0.6 is 11.8 Å². The van der Waals surface area contributed by atoms with Crippen LogP contribution in [-0.2, 0) is 0 Å². The molecule has 1 aromatic heterocycles. The Hall–Kier alpha value is -2.00. The molecule has 0 spiro atoms. The van der Waals surface area contributed by atoms with Gasteiger partial charge in [-0.05, 0) is 37.1 Å². The molecule has 0 saturated heterocycles. The van der Waals surface area contributed by atoms with Gasteiger partial charge < -0.3 is 4.57 Å². The monoisotopic (exact) mass is 293 g/mol. The number of hydrogen-bond acceptors (Lipinski definition) is 2. The van der Waals surface area contributed by atoms with Gasteiger partial charge in [-0.2, -0.15) is 0 Å².